The van der Waals surface area contributed by atoms with Gasteiger partial charge in [0.15, 0.2) is 14.1 Å². The van der Waals surface area contributed by atoms with Crippen LogP contribution in [-0.2, 0) is 14.0 Å². The molecule has 0 saturated heterocycles. The molecule has 0 spiro atoms. The number of carbonyl (C=O) groups excluding carboxylic acids is 1. The standard InChI is InChI=1S/C19H36O3Si/c1-9-23(10-2,11-3)22-19(13(4)5)15(7)18-12-17(20)14(6)16(8)21-18/h13,15,18-19H,9-12H2,1-8H3/t15-,18+,19+/m0/s1. The van der Waals surface area contributed by atoms with Gasteiger partial charge in [0, 0.05) is 17.9 Å². The van der Waals surface area contributed by atoms with E-state index in [4.69, 9.17) is 9.16 Å². The third-order valence-electron chi connectivity index (χ3n) is 5.74. The lowest BCUT2D eigenvalue weighted by atomic mass is 9.86. The summed E-state index contributed by atoms with van der Waals surface area (Å²) in [5.41, 5.74) is 0.773. The van der Waals surface area contributed by atoms with Gasteiger partial charge in [-0.05, 0) is 37.9 Å². The number of allylic oxidation sites excluding steroid dienone is 2. The minimum absolute atomic E-state index is 0.0594. The molecule has 1 rings (SSSR count). The highest BCUT2D eigenvalue weighted by Gasteiger charge is 2.39. The van der Waals surface area contributed by atoms with Gasteiger partial charge in [0.25, 0.3) is 0 Å². The van der Waals surface area contributed by atoms with Gasteiger partial charge in [-0.3, -0.25) is 4.79 Å². The number of hydrogen-bond donors (Lipinski definition) is 0. The molecule has 0 unspecified atom stereocenters. The molecule has 1 aliphatic rings. The van der Waals surface area contributed by atoms with E-state index in [9.17, 15) is 4.79 Å². The van der Waals surface area contributed by atoms with Crippen LogP contribution in [0.4, 0.5) is 0 Å². The van der Waals surface area contributed by atoms with Gasteiger partial charge in [0.2, 0.25) is 0 Å². The number of ketones is 1. The zero-order valence-electron chi connectivity index (χ0n) is 16.4. The molecular formula is C19H36O3Si. The van der Waals surface area contributed by atoms with Crippen molar-refractivity contribution in [3.63, 3.8) is 0 Å². The summed E-state index contributed by atoms with van der Waals surface area (Å²) in [6, 6.07) is 3.45. The molecule has 0 radical (unpaired) electrons. The molecule has 23 heavy (non-hydrogen) atoms. The van der Waals surface area contributed by atoms with Crippen LogP contribution < -0.4 is 0 Å². The predicted molar refractivity (Wildman–Crippen MR) is 98.9 cm³/mol. The summed E-state index contributed by atoms with van der Waals surface area (Å²) >= 11 is 0. The quantitative estimate of drug-likeness (QED) is 0.561. The number of hydrogen-bond acceptors (Lipinski definition) is 3. The van der Waals surface area contributed by atoms with E-state index in [1.807, 2.05) is 13.8 Å². The Morgan fingerprint density at radius 3 is 2.04 bits per heavy atom. The summed E-state index contributed by atoms with van der Waals surface area (Å²) in [4.78, 5) is 12.2. The first-order chi connectivity index (χ1) is 10.7. The zero-order valence-corrected chi connectivity index (χ0v) is 17.4. The lowest BCUT2D eigenvalue weighted by Crippen LogP contribution is -2.47. The molecule has 0 aromatic rings. The van der Waals surface area contributed by atoms with Gasteiger partial charge < -0.3 is 9.16 Å². The Hall–Kier alpha value is -0.613. The van der Waals surface area contributed by atoms with E-state index in [1.165, 1.54) is 0 Å². The first kappa shape index (κ1) is 20.4. The molecule has 1 aliphatic heterocycles. The Kier molecular flexibility index (Phi) is 7.53. The molecule has 0 aromatic heterocycles. The maximum Gasteiger partial charge on any atom is 0.192 e. The minimum atomic E-state index is -1.67. The number of rotatable bonds is 8. The summed E-state index contributed by atoms with van der Waals surface area (Å²) in [6.45, 7) is 17.2. The molecule has 3 nitrogen and oxygen atoms in total. The topological polar surface area (TPSA) is 35.5 Å². The molecule has 1 heterocycles. The van der Waals surface area contributed by atoms with Crippen molar-refractivity contribution in [3.8, 4) is 0 Å². The number of carbonyl (C=O) groups is 1. The van der Waals surface area contributed by atoms with Crippen molar-refractivity contribution in [2.45, 2.75) is 92.2 Å². The lowest BCUT2D eigenvalue weighted by molar-refractivity contribution is -0.122. The van der Waals surface area contributed by atoms with Crippen LogP contribution in [0.15, 0.2) is 11.3 Å². The van der Waals surface area contributed by atoms with E-state index in [-0.39, 0.29) is 23.9 Å². The van der Waals surface area contributed by atoms with E-state index in [0.29, 0.717) is 12.3 Å². The van der Waals surface area contributed by atoms with Crippen LogP contribution in [0.2, 0.25) is 18.1 Å². The highest BCUT2D eigenvalue weighted by atomic mass is 28.4. The highest BCUT2D eigenvalue weighted by Crippen LogP contribution is 2.34. The molecule has 0 bridgehead atoms. The van der Waals surface area contributed by atoms with E-state index in [1.54, 1.807) is 0 Å². The van der Waals surface area contributed by atoms with Crippen molar-refractivity contribution in [2.75, 3.05) is 0 Å². The average molecular weight is 341 g/mol. The third-order valence-corrected chi connectivity index (χ3v) is 10.4. The van der Waals surface area contributed by atoms with Crippen LogP contribution in [0, 0.1) is 11.8 Å². The lowest BCUT2D eigenvalue weighted by Gasteiger charge is -2.41. The second-order valence-electron chi connectivity index (χ2n) is 7.39. The highest BCUT2D eigenvalue weighted by molar-refractivity contribution is 6.73. The third kappa shape index (κ3) is 4.69. The Labute approximate surface area is 144 Å². The van der Waals surface area contributed by atoms with Crippen molar-refractivity contribution >= 4 is 14.1 Å². The van der Waals surface area contributed by atoms with Gasteiger partial charge in [-0.2, -0.15) is 0 Å². The molecule has 0 saturated carbocycles. The fraction of sp³-hybridized carbons (Fsp3) is 0.842. The summed E-state index contributed by atoms with van der Waals surface area (Å²) in [7, 11) is -1.67. The molecule has 134 valence electrons. The van der Waals surface area contributed by atoms with Crippen molar-refractivity contribution < 1.29 is 14.0 Å². The van der Waals surface area contributed by atoms with Crippen molar-refractivity contribution in [1.82, 2.24) is 0 Å². The van der Waals surface area contributed by atoms with Crippen LogP contribution in [0.5, 0.6) is 0 Å². The smallest absolute Gasteiger partial charge is 0.192 e. The van der Waals surface area contributed by atoms with Crippen LogP contribution in [0.3, 0.4) is 0 Å². The molecule has 0 fully saturated rings. The zero-order chi connectivity index (χ0) is 17.8. The Morgan fingerprint density at radius 1 is 1.13 bits per heavy atom. The first-order valence-corrected chi connectivity index (χ1v) is 11.8. The fourth-order valence-corrected chi connectivity index (χ4v) is 6.60. The van der Waals surface area contributed by atoms with E-state index < -0.39 is 8.32 Å². The molecule has 3 atom stereocenters. The summed E-state index contributed by atoms with van der Waals surface area (Å²) in [5.74, 6) is 1.65. The summed E-state index contributed by atoms with van der Waals surface area (Å²) < 4.78 is 12.9. The normalized spacial score (nSPS) is 22.3. The largest absolute Gasteiger partial charge is 0.494 e. The molecular weight excluding hydrogens is 304 g/mol. The molecule has 4 heteroatoms. The van der Waals surface area contributed by atoms with Crippen LogP contribution in [0.1, 0.15) is 61.8 Å². The van der Waals surface area contributed by atoms with Gasteiger partial charge >= 0.3 is 0 Å². The number of ether oxygens (including phenoxy) is 1. The van der Waals surface area contributed by atoms with E-state index in [0.717, 1.165) is 29.5 Å². The van der Waals surface area contributed by atoms with Gasteiger partial charge in [-0.25, -0.2) is 0 Å². The average Bonchev–Trinajstić information content (AvgIpc) is 2.53. The minimum Gasteiger partial charge on any atom is -0.494 e. The van der Waals surface area contributed by atoms with Crippen LogP contribution >= 0.6 is 0 Å². The Bertz CT molecular complexity index is 430. The van der Waals surface area contributed by atoms with Crippen molar-refractivity contribution in [2.24, 2.45) is 11.8 Å². The monoisotopic (exact) mass is 340 g/mol. The van der Waals surface area contributed by atoms with Crippen LogP contribution in [-0.4, -0.2) is 26.3 Å². The predicted octanol–water partition coefficient (Wildman–Crippen LogP) is 5.32. The summed E-state index contributed by atoms with van der Waals surface area (Å²) in [6.07, 6.45) is 0.581. The van der Waals surface area contributed by atoms with E-state index >= 15 is 0 Å². The summed E-state index contributed by atoms with van der Waals surface area (Å²) in [5, 5.41) is 0. The Balaban J connectivity index is 2.96. The SMILES string of the molecule is CC[Si](CC)(CC)O[C@H](C(C)C)[C@@H](C)[C@H]1CC(=O)C(C)=C(C)O1. The van der Waals surface area contributed by atoms with Crippen LogP contribution in [0.25, 0.3) is 0 Å². The van der Waals surface area contributed by atoms with Crippen molar-refractivity contribution in [1.29, 1.82) is 0 Å². The maximum absolute atomic E-state index is 12.2. The molecule has 0 aromatic carbocycles. The number of Topliss-reactive ketones (excluding diaryl/α,β-unsaturated/α-hetero) is 1. The molecule has 0 amide bonds. The maximum atomic E-state index is 12.2. The van der Waals surface area contributed by atoms with Gasteiger partial charge in [-0.1, -0.05) is 41.5 Å². The first-order valence-electron chi connectivity index (χ1n) is 9.26. The van der Waals surface area contributed by atoms with Gasteiger partial charge in [0.05, 0.1) is 11.9 Å². The molecule has 0 aliphatic carbocycles. The fourth-order valence-electron chi connectivity index (χ4n) is 3.53. The van der Waals surface area contributed by atoms with Gasteiger partial charge in [-0.15, -0.1) is 0 Å². The Morgan fingerprint density at radius 2 is 1.65 bits per heavy atom. The van der Waals surface area contributed by atoms with Crippen molar-refractivity contribution in [3.05, 3.63) is 11.3 Å². The second kappa shape index (κ2) is 8.47. The second-order valence-corrected chi connectivity index (χ2v) is 12.1. The van der Waals surface area contributed by atoms with E-state index in [2.05, 4.69) is 41.5 Å². The molecule has 0 N–H and O–H groups in total. The van der Waals surface area contributed by atoms with Gasteiger partial charge in [0.1, 0.15) is 6.10 Å².